The Kier molecular flexibility index (Phi) is 4.09. The van der Waals surface area contributed by atoms with Crippen molar-refractivity contribution < 1.29 is 0 Å². The van der Waals surface area contributed by atoms with E-state index >= 15 is 0 Å². The highest BCUT2D eigenvalue weighted by molar-refractivity contribution is 6.31. The molecule has 1 fully saturated rings. The van der Waals surface area contributed by atoms with Crippen LogP contribution in [0.2, 0.25) is 5.02 Å². The van der Waals surface area contributed by atoms with E-state index < -0.39 is 0 Å². The molecule has 2 heteroatoms. The summed E-state index contributed by atoms with van der Waals surface area (Å²) in [6, 6.07) is 19.0. The molecule has 0 spiro atoms. The molecule has 20 heavy (non-hydrogen) atoms. The van der Waals surface area contributed by atoms with Gasteiger partial charge in [-0.2, -0.15) is 0 Å². The van der Waals surface area contributed by atoms with Crippen molar-refractivity contribution in [1.29, 1.82) is 0 Å². The lowest BCUT2D eigenvalue weighted by molar-refractivity contribution is 0.252. The molecule has 0 saturated carbocycles. The third-order valence-electron chi connectivity index (χ3n) is 4.34. The van der Waals surface area contributed by atoms with Gasteiger partial charge in [-0.15, -0.1) is 0 Å². The Balaban J connectivity index is 1.67. The summed E-state index contributed by atoms with van der Waals surface area (Å²) in [5.41, 5.74) is 2.98. The van der Waals surface area contributed by atoms with Gasteiger partial charge < -0.3 is 5.32 Å². The van der Waals surface area contributed by atoms with E-state index in [1.807, 2.05) is 12.1 Å². The largest absolute Gasteiger partial charge is 0.315 e. The van der Waals surface area contributed by atoms with Gasteiger partial charge in [0, 0.05) is 23.5 Å². The van der Waals surface area contributed by atoms with Crippen molar-refractivity contribution in [1.82, 2.24) is 5.32 Å². The van der Waals surface area contributed by atoms with E-state index in [1.165, 1.54) is 24.0 Å². The van der Waals surface area contributed by atoms with Gasteiger partial charge in [0.05, 0.1) is 0 Å². The maximum Gasteiger partial charge on any atom is 0.0444 e. The van der Waals surface area contributed by atoms with Gasteiger partial charge in [0.1, 0.15) is 0 Å². The third-order valence-corrected chi connectivity index (χ3v) is 4.67. The minimum atomic E-state index is 0.243. The van der Waals surface area contributed by atoms with Crippen LogP contribution in [-0.2, 0) is 11.8 Å². The monoisotopic (exact) mass is 285 g/mol. The Hall–Kier alpha value is -1.31. The summed E-state index contributed by atoms with van der Waals surface area (Å²) in [6.45, 7) is 2.09. The van der Waals surface area contributed by atoms with E-state index in [0.717, 1.165) is 24.5 Å². The summed E-state index contributed by atoms with van der Waals surface area (Å²) in [4.78, 5) is 0. The molecule has 1 saturated heterocycles. The van der Waals surface area contributed by atoms with Crippen LogP contribution in [0.15, 0.2) is 54.6 Å². The van der Waals surface area contributed by atoms with Gasteiger partial charge in [-0.05, 0) is 36.5 Å². The van der Waals surface area contributed by atoms with Crippen molar-refractivity contribution >= 4 is 11.6 Å². The summed E-state index contributed by atoms with van der Waals surface area (Å²) < 4.78 is 0. The zero-order chi connectivity index (χ0) is 13.8. The highest BCUT2D eigenvalue weighted by Gasteiger charge is 2.39. The lowest BCUT2D eigenvalue weighted by Gasteiger charge is -2.44. The number of aryl methyl sites for hydroxylation is 1. The Labute approximate surface area is 126 Å². The molecule has 1 N–H and O–H groups in total. The second-order valence-electron chi connectivity index (χ2n) is 5.70. The average Bonchev–Trinajstić information content (AvgIpc) is 2.44. The van der Waals surface area contributed by atoms with Crippen LogP contribution in [0.25, 0.3) is 0 Å². The van der Waals surface area contributed by atoms with Crippen LogP contribution in [0.3, 0.4) is 0 Å². The van der Waals surface area contributed by atoms with Gasteiger partial charge in [0.2, 0.25) is 0 Å². The maximum absolute atomic E-state index is 6.39. The Morgan fingerprint density at radius 3 is 2.30 bits per heavy atom. The molecule has 3 rings (SSSR count). The second-order valence-corrected chi connectivity index (χ2v) is 6.11. The molecule has 0 aromatic heterocycles. The number of nitrogens with one attached hydrogen (secondary N) is 1. The number of halogens is 1. The Bertz CT molecular complexity index is 561. The molecular weight excluding hydrogens is 266 g/mol. The van der Waals surface area contributed by atoms with Crippen molar-refractivity contribution in [2.75, 3.05) is 13.1 Å². The van der Waals surface area contributed by atoms with Gasteiger partial charge in [-0.25, -0.2) is 0 Å². The molecule has 0 radical (unpaired) electrons. The van der Waals surface area contributed by atoms with Crippen LogP contribution < -0.4 is 5.32 Å². The van der Waals surface area contributed by atoms with Crippen LogP contribution in [0.5, 0.6) is 0 Å². The maximum atomic E-state index is 6.39. The fourth-order valence-corrected chi connectivity index (χ4v) is 3.43. The molecule has 2 aromatic rings. The Morgan fingerprint density at radius 1 is 0.950 bits per heavy atom. The van der Waals surface area contributed by atoms with Crippen LogP contribution >= 0.6 is 11.6 Å². The molecule has 0 amide bonds. The lowest BCUT2D eigenvalue weighted by atomic mass is 9.71. The molecule has 1 aliphatic rings. The van der Waals surface area contributed by atoms with E-state index in [4.69, 9.17) is 11.6 Å². The van der Waals surface area contributed by atoms with E-state index in [1.54, 1.807) is 0 Å². The molecule has 0 unspecified atom stereocenters. The first-order valence-electron chi connectivity index (χ1n) is 7.30. The number of benzene rings is 2. The molecular formula is C18H20ClN. The van der Waals surface area contributed by atoms with E-state index in [2.05, 4.69) is 47.8 Å². The molecule has 2 aromatic carbocycles. The van der Waals surface area contributed by atoms with Gasteiger partial charge >= 0.3 is 0 Å². The molecule has 0 bridgehead atoms. The van der Waals surface area contributed by atoms with Crippen molar-refractivity contribution in [2.45, 2.75) is 24.7 Å². The van der Waals surface area contributed by atoms with Crippen molar-refractivity contribution in [3.63, 3.8) is 0 Å². The zero-order valence-corrected chi connectivity index (χ0v) is 12.4. The quantitative estimate of drug-likeness (QED) is 0.868. The molecule has 104 valence electrons. The number of hydrogen-bond acceptors (Lipinski definition) is 1. The van der Waals surface area contributed by atoms with Crippen LogP contribution in [0.1, 0.15) is 24.0 Å². The first kappa shape index (κ1) is 13.7. The van der Waals surface area contributed by atoms with Crippen LogP contribution in [0.4, 0.5) is 0 Å². The fraction of sp³-hybridized carbons (Fsp3) is 0.333. The van der Waals surface area contributed by atoms with Gasteiger partial charge in [-0.1, -0.05) is 60.1 Å². The summed E-state index contributed by atoms with van der Waals surface area (Å²) >= 11 is 6.39. The molecule has 0 aliphatic carbocycles. The molecule has 1 heterocycles. The van der Waals surface area contributed by atoms with Crippen LogP contribution in [0, 0.1) is 0 Å². The van der Waals surface area contributed by atoms with Crippen molar-refractivity contribution in [2.24, 2.45) is 0 Å². The van der Waals surface area contributed by atoms with Crippen molar-refractivity contribution in [3.8, 4) is 0 Å². The molecule has 0 atom stereocenters. The van der Waals surface area contributed by atoms with Crippen molar-refractivity contribution in [3.05, 3.63) is 70.7 Å². The standard InChI is InChI=1S/C18H20ClN/c19-17-11-5-4-10-16(17)18(13-20-14-18)12-6-9-15-7-2-1-3-8-15/h1-5,7-8,10-11,20H,6,9,12-14H2. The Morgan fingerprint density at radius 2 is 1.65 bits per heavy atom. The lowest BCUT2D eigenvalue weighted by Crippen LogP contribution is -2.56. The van der Waals surface area contributed by atoms with E-state index in [-0.39, 0.29) is 5.41 Å². The summed E-state index contributed by atoms with van der Waals surface area (Å²) in [6.07, 6.45) is 3.54. The highest BCUT2D eigenvalue weighted by Crippen LogP contribution is 2.37. The summed E-state index contributed by atoms with van der Waals surface area (Å²) in [5, 5.41) is 4.33. The average molecular weight is 286 g/mol. The number of rotatable bonds is 5. The minimum Gasteiger partial charge on any atom is -0.315 e. The minimum absolute atomic E-state index is 0.243. The van der Waals surface area contributed by atoms with Gasteiger partial charge in [-0.3, -0.25) is 0 Å². The molecule has 1 aliphatic heterocycles. The molecule has 1 nitrogen and oxygen atoms in total. The van der Waals surface area contributed by atoms with Crippen LogP contribution in [-0.4, -0.2) is 13.1 Å². The first-order valence-corrected chi connectivity index (χ1v) is 7.68. The fourth-order valence-electron chi connectivity index (χ4n) is 3.10. The predicted molar refractivity (Wildman–Crippen MR) is 85.4 cm³/mol. The van der Waals surface area contributed by atoms with E-state index in [9.17, 15) is 0 Å². The SMILES string of the molecule is Clc1ccccc1C1(CCCc2ccccc2)CNC1. The highest BCUT2D eigenvalue weighted by atomic mass is 35.5. The van der Waals surface area contributed by atoms with Gasteiger partial charge in [0.15, 0.2) is 0 Å². The summed E-state index contributed by atoms with van der Waals surface area (Å²) in [5.74, 6) is 0. The normalized spacial score (nSPS) is 16.6. The van der Waals surface area contributed by atoms with E-state index in [0.29, 0.717) is 0 Å². The zero-order valence-electron chi connectivity index (χ0n) is 11.6. The summed E-state index contributed by atoms with van der Waals surface area (Å²) in [7, 11) is 0. The predicted octanol–water partition coefficient (Wildman–Crippen LogP) is 4.20. The topological polar surface area (TPSA) is 12.0 Å². The first-order chi connectivity index (χ1) is 9.80. The third kappa shape index (κ3) is 2.74. The van der Waals surface area contributed by atoms with Gasteiger partial charge in [0.25, 0.3) is 0 Å². The second kappa shape index (κ2) is 5.99. The number of hydrogen-bond donors (Lipinski definition) is 1. The smallest absolute Gasteiger partial charge is 0.0444 e.